The van der Waals surface area contributed by atoms with E-state index in [1.807, 2.05) is 0 Å². The van der Waals surface area contributed by atoms with Gasteiger partial charge >= 0.3 is 6.03 Å². The Kier molecular flexibility index (Phi) is 2.70. The van der Waals surface area contributed by atoms with E-state index in [2.05, 4.69) is 10.6 Å². The average Bonchev–Trinajstić information content (AvgIpc) is 2.58. The second-order valence-electron chi connectivity index (χ2n) is 3.40. The molecule has 0 unspecified atom stereocenters. The van der Waals surface area contributed by atoms with Crippen molar-refractivity contribution in [3.8, 4) is 11.5 Å². The number of imide groups is 1. The summed E-state index contributed by atoms with van der Waals surface area (Å²) in [7, 11) is 1.44. The summed E-state index contributed by atoms with van der Waals surface area (Å²) in [5.41, 5.74) is 0.718. The van der Waals surface area contributed by atoms with Gasteiger partial charge in [0.15, 0.2) is 11.5 Å². The van der Waals surface area contributed by atoms with Crippen LogP contribution < -0.4 is 15.4 Å². The predicted molar refractivity (Wildman–Crippen MR) is 59.3 cm³/mol. The van der Waals surface area contributed by atoms with E-state index in [1.165, 1.54) is 19.3 Å². The van der Waals surface area contributed by atoms with Crippen LogP contribution in [0.25, 0.3) is 6.08 Å². The Balaban J connectivity index is 2.30. The van der Waals surface area contributed by atoms with Gasteiger partial charge in [-0.15, -0.1) is 0 Å². The maximum Gasteiger partial charge on any atom is 0.326 e. The fraction of sp³-hybridized carbons (Fsp3) is 0.0909. The first kappa shape index (κ1) is 11.0. The fourth-order valence-electron chi connectivity index (χ4n) is 1.45. The summed E-state index contributed by atoms with van der Waals surface area (Å²) < 4.78 is 4.89. The minimum absolute atomic E-state index is 0.0356. The third-order valence-corrected chi connectivity index (χ3v) is 2.23. The minimum atomic E-state index is -0.556. The maximum atomic E-state index is 11.2. The molecule has 6 heteroatoms. The SMILES string of the molecule is COc1ccc(/C=C2/NC(=O)NC2=O)cc1O. The number of rotatable bonds is 2. The Bertz CT molecular complexity index is 522. The summed E-state index contributed by atoms with van der Waals surface area (Å²) in [6.45, 7) is 0. The number of carbonyl (C=O) groups is 2. The lowest BCUT2D eigenvalue weighted by atomic mass is 10.1. The molecular formula is C11H10N2O4. The summed E-state index contributed by atoms with van der Waals surface area (Å²) in [5, 5.41) is 14.0. The molecule has 0 bridgehead atoms. The van der Waals surface area contributed by atoms with Gasteiger partial charge in [-0.3, -0.25) is 10.1 Å². The van der Waals surface area contributed by atoms with Crippen LogP contribution in [0, 0.1) is 0 Å². The number of hydrogen-bond acceptors (Lipinski definition) is 4. The zero-order valence-electron chi connectivity index (χ0n) is 8.98. The zero-order valence-corrected chi connectivity index (χ0v) is 8.98. The average molecular weight is 234 g/mol. The summed E-state index contributed by atoms with van der Waals surface area (Å²) in [5.74, 6) is -0.191. The second kappa shape index (κ2) is 4.17. The number of methoxy groups -OCH3 is 1. The van der Waals surface area contributed by atoms with E-state index in [1.54, 1.807) is 12.1 Å². The van der Waals surface area contributed by atoms with Crippen molar-refractivity contribution in [2.45, 2.75) is 0 Å². The molecule has 88 valence electrons. The molecule has 6 nitrogen and oxygen atoms in total. The van der Waals surface area contributed by atoms with Crippen molar-refractivity contribution in [1.29, 1.82) is 0 Å². The standard InChI is InChI=1S/C11H10N2O4/c1-17-9-3-2-6(5-8(9)14)4-7-10(15)13-11(16)12-7/h2-5,14H,1H3,(H2,12,13,15,16)/b7-4+. The summed E-state index contributed by atoms with van der Waals surface area (Å²) >= 11 is 0. The molecule has 1 aliphatic heterocycles. The van der Waals surface area contributed by atoms with E-state index >= 15 is 0 Å². The molecule has 0 aromatic heterocycles. The lowest BCUT2D eigenvalue weighted by molar-refractivity contribution is -0.115. The van der Waals surface area contributed by atoms with Gasteiger partial charge in [0.05, 0.1) is 7.11 Å². The first-order valence-electron chi connectivity index (χ1n) is 4.81. The van der Waals surface area contributed by atoms with Crippen LogP contribution in [0.4, 0.5) is 4.79 Å². The van der Waals surface area contributed by atoms with Gasteiger partial charge in [-0.05, 0) is 23.8 Å². The van der Waals surface area contributed by atoms with Gasteiger partial charge in [-0.2, -0.15) is 0 Å². The van der Waals surface area contributed by atoms with Crippen LogP contribution in [0.3, 0.4) is 0 Å². The van der Waals surface area contributed by atoms with Gasteiger partial charge in [0.1, 0.15) is 5.70 Å². The monoisotopic (exact) mass is 234 g/mol. The number of hydrogen-bond donors (Lipinski definition) is 3. The van der Waals surface area contributed by atoms with E-state index in [0.717, 1.165) is 0 Å². The summed E-state index contributed by atoms with van der Waals surface area (Å²) in [6, 6.07) is 4.10. The van der Waals surface area contributed by atoms with Crippen molar-refractivity contribution in [3.05, 3.63) is 29.5 Å². The minimum Gasteiger partial charge on any atom is -0.504 e. The smallest absolute Gasteiger partial charge is 0.326 e. The van der Waals surface area contributed by atoms with Crippen LogP contribution in [0.2, 0.25) is 0 Å². The summed E-state index contributed by atoms with van der Waals surface area (Å²) in [4.78, 5) is 22.1. The van der Waals surface area contributed by atoms with Crippen molar-refractivity contribution in [2.75, 3.05) is 7.11 Å². The molecule has 0 spiro atoms. The van der Waals surface area contributed by atoms with Crippen molar-refractivity contribution < 1.29 is 19.4 Å². The largest absolute Gasteiger partial charge is 0.504 e. The Hall–Kier alpha value is -2.50. The van der Waals surface area contributed by atoms with Gasteiger partial charge < -0.3 is 15.2 Å². The van der Waals surface area contributed by atoms with Gasteiger partial charge in [-0.25, -0.2) is 4.79 Å². The molecule has 0 saturated carbocycles. The predicted octanol–water partition coefficient (Wildman–Crippen LogP) is 0.581. The van der Waals surface area contributed by atoms with Gasteiger partial charge in [0, 0.05) is 0 Å². The molecule has 3 amide bonds. The highest BCUT2D eigenvalue weighted by Gasteiger charge is 2.22. The van der Waals surface area contributed by atoms with E-state index in [9.17, 15) is 14.7 Å². The molecule has 1 aromatic rings. The van der Waals surface area contributed by atoms with Gasteiger partial charge in [0.25, 0.3) is 5.91 Å². The molecule has 3 N–H and O–H groups in total. The van der Waals surface area contributed by atoms with Crippen LogP contribution in [-0.2, 0) is 4.79 Å². The first-order valence-corrected chi connectivity index (χ1v) is 4.81. The Morgan fingerprint density at radius 2 is 2.06 bits per heavy atom. The fourth-order valence-corrected chi connectivity index (χ4v) is 1.45. The van der Waals surface area contributed by atoms with Gasteiger partial charge in [-0.1, -0.05) is 6.07 Å². The number of carbonyl (C=O) groups excluding carboxylic acids is 2. The normalized spacial score (nSPS) is 16.9. The first-order chi connectivity index (χ1) is 8.10. The lowest BCUT2D eigenvalue weighted by Gasteiger charge is -2.03. The highest BCUT2D eigenvalue weighted by atomic mass is 16.5. The van der Waals surface area contributed by atoms with Crippen LogP contribution in [0.1, 0.15) is 5.56 Å². The van der Waals surface area contributed by atoms with Crippen molar-refractivity contribution in [2.24, 2.45) is 0 Å². The number of phenolic OH excluding ortho intramolecular Hbond substituents is 1. The second-order valence-corrected chi connectivity index (χ2v) is 3.40. The van der Waals surface area contributed by atoms with E-state index in [0.29, 0.717) is 11.3 Å². The van der Waals surface area contributed by atoms with E-state index in [4.69, 9.17) is 4.74 Å². The van der Waals surface area contributed by atoms with Crippen LogP contribution in [0.15, 0.2) is 23.9 Å². The molecule has 17 heavy (non-hydrogen) atoms. The Morgan fingerprint density at radius 1 is 1.29 bits per heavy atom. The van der Waals surface area contributed by atoms with E-state index < -0.39 is 11.9 Å². The number of amides is 3. The Morgan fingerprint density at radius 3 is 2.59 bits per heavy atom. The molecule has 1 saturated heterocycles. The highest BCUT2D eigenvalue weighted by molar-refractivity contribution is 6.13. The molecule has 1 aromatic carbocycles. The molecule has 0 atom stereocenters. The van der Waals surface area contributed by atoms with Crippen molar-refractivity contribution >= 4 is 18.0 Å². The number of ether oxygens (including phenoxy) is 1. The third kappa shape index (κ3) is 2.20. The quantitative estimate of drug-likeness (QED) is 0.516. The molecular weight excluding hydrogens is 224 g/mol. The summed E-state index contributed by atoms with van der Waals surface area (Å²) in [6.07, 6.45) is 1.46. The van der Waals surface area contributed by atoms with E-state index in [-0.39, 0.29) is 11.4 Å². The lowest BCUT2D eigenvalue weighted by Crippen LogP contribution is -2.22. The molecule has 1 fully saturated rings. The molecule has 0 aliphatic carbocycles. The van der Waals surface area contributed by atoms with Gasteiger partial charge in [0.2, 0.25) is 0 Å². The number of aromatic hydroxyl groups is 1. The topological polar surface area (TPSA) is 87.7 Å². The molecule has 1 aliphatic rings. The Labute approximate surface area is 96.9 Å². The maximum absolute atomic E-state index is 11.2. The van der Waals surface area contributed by atoms with Crippen molar-refractivity contribution in [1.82, 2.24) is 10.6 Å². The van der Waals surface area contributed by atoms with Crippen molar-refractivity contribution in [3.63, 3.8) is 0 Å². The molecule has 2 rings (SSSR count). The van der Waals surface area contributed by atoms with Crippen LogP contribution in [-0.4, -0.2) is 24.2 Å². The number of phenols is 1. The number of urea groups is 1. The number of nitrogens with one attached hydrogen (secondary N) is 2. The molecule has 1 heterocycles. The number of benzene rings is 1. The molecule has 0 radical (unpaired) electrons. The van der Waals surface area contributed by atoms with Crippen LogP contribution >= 0.6 is 0 Å². The zero-order chi connectivity index (χ0) is 12.4. The van der Waals surface area contributed by atoms with Crippen LogP contribution in [0.5, 0.6) is 11.5 Å². The third-order valence-electron chi connectivity index (χ3n) is 2.23. The highest BCUT2D eigenvalue weighted by Crippen LogP contribution is 2.27.